The molecule has 4 rings (SSSR count). The van der Waals surface area contributed by atoms with Gasteiger partial charge in [-0.25, -0.2) is 13.4 Å². The van der Waals surface area contributed by atoms with E-state index in [1.165, 1.54) is 15.6 Å². The highest BCUT2D eigenvalue weighted by molar-refractivity contribution is 9.10. The van der Waals surface area contributed by atoms with E-state index in [1.807, 2.05) is 29.6 Å². The summed E-state index contributed by atoms with van der Waals surface area (Å²) in [5, 5.41) is 5.57. The summed E-state index contributed by atoms with van der Waals surface area (Å²) >= 11 is 4.95. The number of hydrogen-bond donors (Lipinski definition) is 1. The molecule has 1 saturated heterocycles. The summed E-state index contributed by atoms with van der Waals surface area (Å²) < 4.78 is 26.6. The van der Waals surface area contributed by atoms with Crippen molar-refractivity contribution in [2.45, 2.75) is 12.8 Å². The zero-order chi connectivity index (χ0) is 20.4. The molecule has 1 fully saturated rings. The Labute approximate surface area is 181 Å². The van der Waals surface area contributed by atoms with Crippen LogP contribution in [0.15, 0.2) is 58.4 Å². The number of sulfonamides is 1. The zero-order valence-corrected chi connectivity index (χ0v) is 18.6. The van der Waals surface area contributed by atoms with Gasteiger partial charge in [-0.05, 0) is 36.8 Å². The minimum Gasteiger partial charge on any atom is -0.326 e. The molecule has 1 aliphatic rings. The molecule has 0 bridgehead atoms. The Kier molecular flexibility index (Phi) is 5.71. The predicted molar refractivity (Wildman–Crippen MR) is 120 cm³/mol. The summed E-state index contributed by atoms with van der Waals surface area (Å²) in [6, 6.07) is 14.8. The molecule has 150 valence electrons. The minimum absolute atomic E-state index is 0.150. The number of hydrogen-bond acceptors (Lipinski definition) is 5. The maximum atomic E-state index is 12.5. The third kappa shape index (κ3) is 4.68. The monoisotopic (exact) mass is 491 g/mol. The topological polar surface area (TPSA) is 79.4 Å². The molecule has 29 heavy (non-hydrogen) atoms. The van der Waals surface area contributed by atoms with Crippen LogP contribution in [0.2, 0.25) is 0 Å². The van der Waals surface area contributed by atoms with Crippen molar-refractivity contribution in [2.75, 3.05) is 21.9 Å². The lowest BCUT2D eigenvalue weighted by Crippen LogP contribution is -2.25. The first-order valence-corrected chi connectivity index (χ1v) is 12.3. The van der Waals surface area contributed by atoms with Crippen molar-refractivity contribution in [1.29, 1.82) is 0 Å². The minimum atomic E-state index is -3.25. The van der Waals surface area contributed by atoms with Gasteiger partial charge in [0.2, 0.25) is 15.9 Å². The highest BCUT2D eigenvalue weighted by Gasteiger charge is 2.28. The largest absolute Gasteiger partial charge is 0.326 e. The quantitative estimate of drug-likeness (QED) is 0.576. The van der Waals surface area contributed by atoms with Crippen LogP contribution in [0.3, 0.4) is 0 Å². The lowest BCUT2D eigenvalue weighted by molar-refractivity contribution is -0.115. The molecule has 6 nitrogen and oxygen atoms in total. The van der Waals surface area contributed by atoms with E-state index in [0.717, 1.165) is 15.0 Å². The summed E-state index contributed by atoms with van der Waals surface area (Å²) in [5.74, 6) is -0.0363. The van der Waals surface area contributed by atoms with Crippen molar-refractivity contribution in [2.24, 2.45) is 0 Å². The molecule has 0 saturated carbocycles. The second-order valence-corrected chi connectivity index (χ2v) is 10.5. The molecule has 9 heteroatoms. The Morgan fingerprint density at radius 1 is 1.21 bits per heavy atom. The Morgan fingerprint density at radius 3 is 2.79 bits per heavy atom. The van der Waals surface area contributed by atoms with E-state index in [-0.39, 0.29) is 18.1 Å². The number of aromatic nitrogens is 1. The van der Waals surface area contributed by atoms with Crippen molar-refractivity contribution in [1.82, 2.24) is 4.98 Å². The summed E-state index contributed by atoms with van der Waals surface area (Å²) in [6.07, 6.45) is 0.764. The molecule has 0 radical (unpaired) electrons. The zero-order valence-electron chi connectivity index (χ0n) is 15.3. The van der Waals surface area contributed by atoms with Gasteiger partial charge in [0.15, 0.2) is 0 Å². The predicted octanol–water partition coefficient (Wildman–Crippen LogP) is 4.29. The Bertz CT molecular complexity index is 1160. The molecule has 1 aliphatic heterocycles. The fourth-order valence-electron chi connectivity index (χ4n) is 3.18. The number of anilines is 2. The van der Waals surface area contributed by atoms with Crippen molar-refractivity contribution in [3.05, 3.63) is 64.1 Å². The molecule has 1 amide bonds. The van der Waals surface area contributed by atoms with Crippen molar-refractivity contribution >= 4 is 54.6 Å². The van der Waals surface area contributed by atoms with Crippen molar-refractivity contribution in [3.8, 4) is 10.6 Å². The average Bonchev–Trinajstić information content (AvgIpc) is 3.27. The summed E-state index contributed by atoms with van der Waals surface area (Å²) in [4.78, 5) is 17.0. The van der Waals surface area contributed by atoms with E-state index < -0.39 is 10.0 Å². The van der Waals surface area contributed by atoms with Crippen LogP contribution in [0.1, 0.15) is 12.1 Å². The molecule has 2 aromatic carbocycles. The molecule has 1 aromatic heterocycles. The number of amides is 1. The highest BCUT2D eigenvalue weighted by atomic mass is 79.9. The molecular formula is C20H18BrN3O3S2. The van der Waals surface area contributed by atoms with Crippen LogP contribution >= 0.6 is 27.3 Å². The molecule has 0 atom stereocenters. The number of rotatable bonds is 5. The first-order valence-electron chi connectivity index (χ1n) is 9.01. The molecule has 0 spiro atoms. The Balaban J connectivity index is 1.44. The van der Waals surface area contributed by atoms with Crippen molar-refractivity contribution in [3.63, 3.8) is 0 Å². The molecule has 0 unspecified atom stereocenters. The Hall–Kier alpha value is -2.23. The van der Waals surface area contributed by atoms with Gasteiger partial charge in [-0.1, -0.05) is 34.1 Å². The molecule has 2 heterocycles. The van der Waals surface area contributed by atoms with Gasteiger partial charge in [0.1, 0.15) is 5.01 Å². The van der Waals surface area contributed by atoms with Crippen molar-refractivity contribution < 1.29 is 13.2 Å². The van der Waals surface area contributed by atoms with Gasteiger partial charge in [0, 0.05) is 27.6 Å². The Morgan fingerprint density at radius 2 is 2.03 bits per heavy atom. The van der Waals surface area contributed by atoms with E-state index in [2.05, 4.69) is 26.2 Å². The third-order valence-electron chi connectivity index (χ3n) is 4.48. The van der Waals surface area contributed by atoms with E-state index in [4.69, 9.17) is 0 Å². The first kappa shape index (κ1) is 20.1. The standard InChI is InChI=1S/C20H18BrN3O3S2/c21-15-5-1-4-14(10-15)20-23-17(13-28-20)12-19(25)22-16-6-2-7-18(11-16)24-8-3-9-29(24,26)27/h1-2,4-7,10-11,13H,3,8-9,12H2,(H,22,25). The van der Waals surface area contributed by atoms with E-state index >= 15 is 0 Å². The number of carbonyl (C=O) groups is 1. The fourth-order valence-corrected chi connectivity index (χ4v) is 5.95. The van der Waals surface area contributed by atoms with Gasteiger partial charge >= 0.3 is 0 Å². The summed E-state index contributed by atoms with van der Waals surface area (Å²) in [6.45, 7) is 0.469. The SMILES string of the molecule is O=C(Cc1csc(-c2cccc(Br)c2)n1)Nc1cccc(N2CCCS2(=O)=O)c1. The van der Waals surface area contributed by atoms with Crippen LogP contribution in [-0.2, 0) is 21.2 Å². The van der Waals surface area contributed by atoms with Gasteiger partial charge in [-0.2, -0.15) is 0 Å². The van der Waals surface area contributed by atoms with Crippen LogP contribution in [0.5, 0.6) is 0 Å². The maximum absolute atomic E-state index is 12.5. The molecular weight excluding hydrogens is 474 g/mol. The van der Waals surface area contributed by atoms with Gasteiger partial charge < -0.3 is 5.32 Å². The second-order valence-electron chi connectivity index (χ2n) is 6.67. The van der Waals surface area contributed by atoms with E-state index in [0.29, 0.717) is 30.0 Å². The van der Waals surface area contributed by atoms with Gasteiger partial charge in [0.25, 0.3) is 0 Å². The van der Waals surface area contributed by atoms with Crippen LogP contribution in [0, 0.1) is 0 Å². The van der Waals surface area contributed by atoms with Crippen LogP contribution in [0.25, 0.3) is 10.6 Å². The number of halogens is 1. The van der Waals surface area contributed by atoms with E-state index in [1.54, 1.807) is 24.3 Å². The smallest absolute Gasteiger partial charge is 0.235 e. The number of nitrogens with zero attached hydrogens (tertiary/aromatic N) is 2. The highest BCUT2D eigenvalue weighted by Crippen LogP contribution is 2.28. The van der Waals surface area contributed by atoms with Gasteiger partial charge in [-0.15, -0.1) is 11.3 Å². The van der Waals surface area contributed by atoms with Gasteiger partial charge in [0.05, 0.1) is 23.6 Å². The number of carbonyl (C=O) groups excluding carboxylic acids is 1. The summed E-state index contributed by atoms with van der Waals surface area (Å²) in [5.41, 5.74) is 2.83. The van der Waals surface area contributed by atoms with Crippen LogP contribution < -0.4 is 9.62 Å². The molecule has 3 aromatic rings. The number of nitrogens with one attached hydrogen (secondary N) is 1. The maximum Gasteiger partial charge on any atom is 0.235 e. The number of benzene rings is 2. The summed E-state index contributed by atoms with van der Waals surface area (Å²) in [7, 11) is -3.25. The van der Waals surface area contributed by atoms with E-state index in [9.17, 15) is 13.2 Å². The normalized spacial score (nSPS) is 15.4. The second kappa shape index (κ2) is 8.25. The van der Waals surface area contributed by atoms with Gasteiger partial charge in [-0.3, -0.25) is 9.10 Å². The lowest BCUT2D eigenvalue weighted by Gasteiger charge is -2.17. The van der Waals surface area contributed by atoms with Crippen LogP contribution in [0.4, 0.5) is 11.4 Å². The molecule has 0 aliphatic carbocycles. The number of thiazole rings is 1. The fraction of sp³-hybridized carbons (Fsp3) is 0.200. The molecule has 1 N–H and O–H groups in total. The third-order valence-corrected chi connectivity index (χ3v) is 7.79. The van der Waals surface area contributed by atoms with Crippen LogP contribution in [-0.4, -0.2) is 31.6 Å². The lowest BCUT2D eigenvalue weighted by atomic mass is 10.2. The first-order chi connectivity index (χ1) is 13.9. The average molecular weight is 492 g/mol.